The van der Waals surface area contributed by atoms with E-state index in [2.05, 4.69) is 9.88 Å². The fourth-order valence-electron chi connectivity index (χ4n) is 3.02. The molecule has 1 heterocycles. The zero-order valence-corrected chi connectivity index (χ0v) is 12.1. The summed E-state index contributed by atoms with van der Waals surface area (Å²) < 4.78 is 0. The molecule has 1 aromatic heterocycles. The molecule has 1 amide bonds. The molecule has 0 aliphatic heterocycles. The van der Waals surface area contributed by atoms with Crippen LogP contribution in [0.5, 0.6) is 0 Å². The molecule has 4 nitrogen and oxygen atoms in total. The van der Waals surface area contributed by atoms with Crippen molar-refractivity contribution in [3.05, 3.63) is 30.1 Å². The van der Waals surface area contributed by atoms with Crippen molar-refractivity contribution in [1.29, 1.82) is 0 Å². The Morgan fingerprint density at radius 3 is 2.60 bits per heavy atom. The first-order chi connectivity index (χ1) is 9.74. The van der Waals surface area contributed by atoms with Crippen LogP contribution in [0.2, 0.25) is 0 Å². The molecule has 1 saturated carbocycles. The van der Waals surface area contributed by atoms with Gasteiger partial charge in [-0.3, -0.25) is 14.7 Å². The van der Waals surface area contributed by atoms with Crippen molar-refractivity contribution in [1.82, 2.24) is 9.88 Å². The first-order valence-corrected chi connectivity index (χ1v) is 7.63. The van der Waals surface area contributed by atoms with Crippen LogP contribution in [0.1, 0.15) is 44.1 Å². The van der Waals surface area contributed by atoms with Gasteiger partial charge in [-0.1, -0.05) is 32.1 Å². The minimum atomic E-state index is -0.247. The van der Waals surface area contributed by atoms with Crippen LogP contribution in [0.25, 0.3) is 0 Å². The molecule has 20 heavy (non-hydrogen) atoms. The Morgan fingerprint density at radius 1 is 1.25 bits per heavy atom. The molecule has 0 bridgehead atoms. The van der Waals surface area contributed by atoms with Gasteiger partial charge in [0, 0.05) is 18.9 Å². The first-order valence-electron chi connectivity index (χ1n) is 7.63. The lowest BCUT2D eigenvalue weighted by Crippen LogP contribution is -2.35. The summed E-state index contributed by atoms with van der Waals surface area (Å²) in [5, 5.41) is 0. The summed E-state index contributed by atoms with van der Waals surface area (Å²) in [5.74, 6) is 0.583. The molecule has 2 rings (SSSR count). The Morgan fingerprint density at radius 2 is 1.95 bits per heavy atom. The number of amides is 1. The van der Waals surface area contributed by atoms with E-state index in [0.29, 0.717) is 6.54 Å². The summed E-state index contributed by atoms with van der Waals surface area (Å²) in [7, 11) is 0. The van der Waals surface area contributed by atoms with E-state index in [4.69, 9.17) is 5.73 Å². The summed E-state index contributed by atoms with van der Waals surface area (Å²) in [4.78, 5) is 17.4. The van der Waals surface area contributed by atoms with Gasteiger partial charge in [0.15, 0.2) is 0 Å². The van der Waals surface area contributed by atoms with Crippen LogP contribution in [0.15, 0.2) is 24.5 Å². The summed E-state index contributed by atoms with van der Waals surface area (Å²) in [5.41, 5.74) is 6.55. The molecule has 1 aromatic rings. The third-order valence-corrected chi connectivity index (χ3v) is 4.11. The molecule has 1 aliphatic rings. The van der Waals surface area contributed by atoms with Gasteiger partial charge in [-0.25, -0.2) is 0 Å². The zero-order valence-electron chi connectivity index (χ0n) is 12.1. The van der Waals surface area contributed by atoms with Crippen molar-refractivity contribution >= 4 is 5.91 Å². The smallest absolute Gasteiger partial charge is 0.231 e. The molecular weight excluding hydrogens is 250 g/mol. The molecule has 110 valence electrons. The van der Waals surface area contributed by atoms with Gasteiger partial charge in [-0.05, 0) is 36.6 Å². The van der Waals surface area contributed by atoms with Crippen LogP contribution in [0.4, 0.5) is 0 Å². The second-order valence-corrected chi connectivity index (χ2v) is 5.83. The highest BCUT2D eigenvalue weighted by molar-refractivity contribution is 5.75. The van der Waals surface area contributed by atoms with E-state index in [1.165, 1.54) is 44.1 Å². The monoisotopic (exact) mass is 275 g/mol. The number of nitrogens with zero attached hydrogens (tertiary/aromatic N) is 2. The zero-order chi connectivity index (χ0) is 14.2. The van der Waals surface area contributed by atoms with Gasteiger partial charge in [0.05, 0.1) is 6.54 Å². The van der Waals surface area contributed by atoms with Crippen LogP contribution in [0, 0.1) is 5.92 Å². The van der Waals surface area contributed by atoms with Gasteiger partial charge in [0.1, 0.15) is 0 Å². The maximum atomic E-state index is 11.2. The van der Waals surface area contributed by atoms with Crippen molar-refractivity contribution < 1.29 is 4.79 Å². The lowest BCUT2D eigenvalue weighted by molar-refractivity contribution is -0.119. The Bertz CT molecular complexity index is 401. The number of aromatic nitrogens is 1. The Kier molecular flexibility index (Phi) is 5.99. The average molecular weight is 275 g/mol. The second kappa shape index (κ2) is 8.00. The molecular formula is C16H25N3O. The van der Waals surface area contributed by atoms with Gasteiger partial charge in [-0.15, -0.1) is 0 Å². The standard InChI is InChI=1S/C16H25N3O/c17-16(20)13-19(12-15-6-9-18-10-7-15)11-8-14-4-2-1-3-5-14/h6-7,9-10,14H,1-5,8,11-13H2,(H2,17,20). The predicted octanol–water partition coefficient (Wildman–Crippen LogP) is 2.34. The highest BCUT2D eigenvalue weighted by Gasteiger charge is 2.16. The lowest BCUT2D eigenvalue weighted by atomic mass is 9.87. The summed E-state index contributed by atoms with van der Waals surface area (Å²) in [6.45, 7) is 2.07. The number of hydrogen-bond donors (Lipinski definition) is 1. The maximum absolute atomic E-state index is 11.2. The van der Waals surface area contributed by atoms with Crippen LogP contribution < -0.4 is 5.73 Å². The number of pyridine rings is 1. The molecule has 0 atom stereocenters. The molecule has 0 spiro atoms. The number of carbonyl (C=O) groups is 1. The van der Waals surface area contributed by atoms with E-state index < -0.39 is 0 Å². The number of hydrogen-bond acceptors (Lipinski definition) is 3. The number of nitrogens with two attached hydrogens (primary N) is 1. The predicted molar refractivity (Wildman–Crippen MR) is 79.9 cm³/mol. The Balaban J connectivity index is 1.84. The average Bonchev–Trinajstić information content (AvgIpc) is 2.46. The molecule has 1 aliphatic carbocycles. The minimum Gasteiger partial charge on any atom is -0.369 e. The van der Waals surface area contributed by atoms with Gasteiger partial charge < -0.3 is 5.73 Å². The molecule has 0 radical (unpaired) electrons. The van der Waals surface area contributed by atoms with Gasteiger partial charge >= 0.3 is 0 Å². The topological polar surface area (TPSA) is 59.2 Å². The second-order valence-electron chi connectivity index (χ2n) is 5.83. The van der Waals surface area contributed by atoms with E-state index in [9.17, 15) is 4.79 Å². The van der Waals surface area contributed by atoms with Crippen molar-refractivity contribution in [3.63, 3.8) is 0 Å². The minimum absolute atomic E-state index is 0.247. The Hall–Kier alpha value is -1.42. The fraction of sp³-hybridized carbons (Fsp3) is 0.625. The lowest BCUT2D eigenvalue weighted by Gasteiger charge is -2.26. The van der Waals surface area contributed by atoms with Crippen LogP contribution in [0.3, 0.4) is 0 Å². The van der Waals surface area contributed by atoms with Gasteiger partial charge in [-0.2, -0.15) is 0 Å². The van der Waals surface area contributed by atoms with Crippen LogP contribution in [-0.2, 0) is 11.3 Å². The Labute approximate surface area is 121 Å². The van der Waals surface area contributed by atoms with Crippen molar-refractivity contribution in [3.8, 4) is 0 Å². The molecule has 0 aromatic carbocycles. The number of primary amides is 1. The van der Waals surface area contributed by atoms with E-state index in [1.54, 1.807) is 12.4 Å². The molecule has 1 fully saturated rings. The van der Waals surface area contributed by atoms with Gasteiger partial charge in [0.25, 0.3) is 0 Å². The van der Waals surface area contributed by atoms with Gasteiger partial charge in [0.2, 0.25) is 5.91 Å². The largest absolute Gasteiger partial charge is 0.369 e. The highest BCUT2D eigenvalue weighted by Crippen LogP contribution is 2.26. The van der Waals surface area contributed by atoms with Crippen molar-refractivity contribution in [2.45, 2.75) is 45.1 Å². The fourth-order valence-corrected chi connectivity index (χ4v) is 3.02. The SMILES string of the molecule is NC(=O)CN(CCC1CCCCC1)Cc1ccncc1. The molecule has 2 N–H and O–H groups in total. The normalized spacial score (nSPS) is 16.4. The van der Waals surface area contributed by atoms with Crippen molar-refractivity contribution in [2.24, 2.45) is 11.7 Å². The van der Waals surface area contributed by atoms with E-state index in [0.717, 1.165) is 19.0 Å². The van der Waals surface area contributed by atoms with E-state index in [-0.39, 0.29) is 5.91 Å². The molecule has 0 saturated heterocycles. The maximum Gasteiger partial charge on any atom is 0.231 e. The molecule has 4 heteroatoms. The first kappa shape index (κ1) is 15.0. The third kappa shape index (κ3) is 5.29. The van der Waals surface area contributed by atoms with E-state index in [1.807, 2.05) is 12.1 Å². The quantitative estimate of drug-likeness (QED) is 0.831. The van der Waals surface area contributed by atoms with Crippen molar-refractivity contribution in [2.75, 3.05) is 13.1 Å². The summed E-state index contributed by atoms with van der Waals surface area (Å²) >= 11 is 0. The summed E-state index contributed by atoms with van der Waals surface area (Å²) in [6.07, 6.45) is 11.6. The third-order valence-electron chi connectivity index (χ3n) is 4.11. The number of carbonyl (C=O) groups excluding carboxylic acids is 1. The molecule has 0 unspecified atom stereocenters. The van der Waals surface area contributed by atoms with E-state index >= 15 is 0 Å². The summed E-state index contributed by atoms with van der Waals surface area (Å²) in [6, 6.07) is 3.99. The van der Waals surface area contributed by atoms with Crippen LogP contribution >= 0.6 is 0 Å². The highest BCUT2D eigenvalue weighted by atomic mass is 16.1. The number of rotatable bonds is 7. The van der Waals surface area contributed by atoms with Crippen LogP contribution in [-0.4, -0.2) is 28.9 Å².